The van der Waals surface area contributed by atoms with Crippen molar-refractivity contribution in [2.45, 2.75) is 0 Å². The zero-order chi connectivity index (χ0) is 4.12. The van der Waals surface area contributed by atoms with Crippen molar-refractivity contribution in [3.05, 3.63) is 31.7 Å². The molecule has 0 heterocycles. The molecule has 0 unspecified atom stereocenters. The molecule has 0 aromatic carbocycles. The minimum Gasteiger partial charge on any atom is -0.194 e. The molecular formula is C5H7-. The largest absolute Gasteiger partial charge is 0.194 e. The highest BCUT2D eigenvalue weighted by molar-refractivity contribution is 5.00. The maximum atomic E-state index is 3.42. The van der Waals surface area contributed by atoms with E-state index in [-0.39, 0.29) is 0 Å². The van der Waals surface area contributed by atoms with Gasteiger partial charge in [0.2, 0.25) is 0 Å². The third kappa shape index (κ3) is 3.35. The minimum absolute atomic E-state index is 1.69. The number of hydrogen-bond donors (Lipinski definition) is 0. The smallest absolute Gasteiger partial charge is 0.171 e. The van der Waals surface area contributed by atoms with Gasteiger partial charge in [0, 0.05) is 0 Å². The summed E-state index contributed by atoms with van der Waals surface area (Å²) < 4.78 is 0. The molecule has 0 bridgehead atoms. The summed E-state index contributed by atoms with van der Waals surface area (Å²) in [7, 11) is 0. The fourth-order valence-corrected chi connectivity index (χ4v) is 0.0962. The van der Waals surface area contributed by atoms with Crippen LogP contribution in [0.3, 0.4) is 0 Å². The Morgan fingerprint density at radius 2 is 1.60 bits per heavy atom. The van der Waals surface area contributed by atoms with Gasteiger partial charge in [0.05, 0.1) is 0 Å². The summed E-state index contributed by atoms with van der Waals surface area (Å²) in [5.41, 5.74) is 0. The van der Waals surface area contributed by atoms with Crippen molar-refractivity contribution in [2.24, 2.45) is 0 Å². The van der Waals surface area contributed by atoms with Gasteiger partial charge in [-0.15, -0.1) is 0 Å². The molecule has 0 aliphatic carbocycles. The van der Waals surface area contributed by atoms with Crippen LogP contribution in [0.5, 0.6) is 0 Å². The van der Waals surface area contributed by atoms with Gasteiger partial charge in [-0.1, -0.05) is 0 Å². The van der Waals surface area contributed by atoms with E-state index in [1.807, 2.05) is 0 Å². The lowest BCUT2D eigenvalue weighted by Gasteiger charge is -1.76. The summed E-state index contributed by atoms with van der Waals surface area (Å²) in [6, 6.07) is 0. The van der Waals surface area contributed by atoms with E-state index in [2.05, 4.69) is 13.2 Å². The normalized spacial score (nSPS) is 5.60. The summed E-state index contributed by atoms with van der Waals surface area (Å²) in [6.07, 6.45) is 5.15. The van der Waals surface area contributed by atoms with Gasteiger partial charge < -0.3 is 0 Å². The third-order valence-electron chi connectivity index (χ3n) is 0.272. The minimum atomic E-state index is 1.69. The molecule has 0 rings (SSSR count). The Hall–Kier alpha value is -0.650. The average Bonchev–Trinajstić information content (AvgIpc) is 1.41. The molecule has 0 aromatic heterocycles. The van der Waals surface area contributed by atoms with Gasteiger partial charge in [0.15, 0.2) is 0 Å². The second kappa shape index (κ2) is 3.35. The molecule has 0 amide bonds. The van der Waals surface area contributed by atoms with Gasteiger partial charge in [-0.05, 0) is 0 Å². The summed E-state index contributed by atoms with van der Waals surface area (Å²) in [4.78, 5) is 0. The molecule has 0 aromatic rings. The predicted octanol–water partition coefficient (Wildman–Crippen LogP) is 1.56. The Bertz CT molecular complexity index is 29.3. The first-order valence-electron chi connectivity index (χ1n) is 1.48. The highest BCUT2D eigenvalue weighted by Crippen LogP contribution is 1.71. The maximum absolute atomic E-state index is 3.42. The number of rotatable bonds is 2. The first-order valence-corrected chi connectivity index (χ1v) is 1.48. The van der Waals surface area contributed by atoms with Crippen LogP contribution in [0.15, 0.2) is 25.3 Å². The Kier molecular flexibility index (Phi) is 2.91. The van der Waals surface area contributed by atoms with Crippen molar-refractivity contribution in [3.8, 4) is 0 Å². The van der Waals surface area contributed by atoms with E-state index in [9.17, 15) is 0 Å². The van der Waals surface area contributed by atoms with Crippen molar-refractivity contribution < 1.29 is 0 Å². The monoisotopic (exact) mass is 67.1 g/mol. The molecule has 5 heavy (non-hydrogen) atoms. The Morgan fingerprint density at radius 1 is 1.20 bits per heavy atom. The first kappa shape index (κ1) is 4.35. The van der Waals surface area contributed by atoms with Crippen LogP contribution in [0, 0.1) is 6.42 Å². The van der Waals surface area contributed by atoms with Crippen LogP contribution in [0.4, 0.5) is 0 Å². The Balaban J connectivity index is 2.65. The zero-order valence-corrected chi connectivity index (χ0v) is 3.15. The molecule has 0 saturated carbocycles. The van der Waals surface area contributed by atoms with E-state index in [0.29, 0.717) is 0 Å². The van der Waals surface area contributed by atoms with E-state index in [1.165, 1.54) is 0 Å². The molecule has 0 radical (unpaired) electrons. The fraction of sp³-hybridized carbons (Fsp3) is 0. The van der Waals surface area contributed by atoms with E-state index in [0.717, 1.165) is 0 Å². The predicted molar refractivity (Wildman–Crippen MR) is 24.7 cm³/mol. The quantitative estimate of drug-likeness (QED) is 0.430. The van der Waals surface area contributed by atoms with E-state index < -0.39 is 0 Å². The lowest BCUT2D eigenvalue weighted by molar-refractivity contribution is 1.82. The van der Waals surface area contributed by atoms with Gasteiger partial charge in [-0.2, -0.15) is 31.7 Å². The molecule has 0 atom stereocenters. The van der Waals surface area contributed by atoms with Crippen LogP contribution in [-0.2, 0) is 0 Å². The van der Waals surface area contributed by atoms with Crippen LogP contribution in [0.1, 0.15) is 0 Å². The zero-order valence-electron chi connectivity index (χ0n) is 3.15. The van der Waals surface area contributed by atoms with Crippen molar-refractivity contribution in [2.75, 3.05) is 0 Å². The van der Waals surface area contributed by atoms with E-state index in [1.54, 1.807) is 18.6 Å². The van der Waals surface area contributed by atoms with Crippen molar-refractivity contribution in [3.63, 3.8) is 0 Å². The number of hydrogen-bond acceptors (Lipinski definition) is 0. The molecule has 0 fully saturated rings. The summed E-state index contributed by atoms with van der Waals surface area (Å²) >= 11 is 0. The highest BCUT2D eigenvalue weighted by atomic mass is 13.6. The van der Waals surface area contributed by atoms with Gasteiger partial charge in [-0.3, -0.25) is 0 Å². The lowest BCUT2D eigenvalue weighted by atomic mass is 10.4. The second-order valence-corrected chi connectivity index (χ2v) is 0.664. The van der Waals surface area contributed by atoms with Gasteiger partial charge in [0.1, 0.15) is 0 Å². The van der Waals surface area contributed by atoms with Gasteiger partial charge in [0.25, 0.3) is 0 Å². The maximum Gasteiger partial charge on any atom is -0.171 e. The van der Waals surface area contributed by atoms with Crippen LogP contribution in [-0.4, -0.2) is 0 Å². The van der Waals surface area contributed by atoms with Crippen LogP contribution >= 0.6 is 0 Å². The third-order valence-corrected chi connectivity index (χ3v) is 0.272. The molecule has 28 valence electrons. The van der Waals surface area contributed by atoms with Crippen molar-refractivity contribution in [1.29, 1.82) is 0 Å². The van der Waals surface area contributed by atoms with Gasteiger partial charge >= 0.3 is 0 Å². The van der Waals surface area contributed by atoms with Crippen LogP contribution < -0.4 is 0 Å². The average molecular weight is 67.1 g/mol. The van der Waals surface area contributed by atoms with Crippen LogP contribution in [0.25, 0.3) is 0 Å². The summed E-state index contributed by atoms with van der Waals surface area (Å²) in [6.45, 7) is 6.85. The first-order chi connectivity index (χ1) is 2.41. The summed E-state index contributed by atoms with van der Waals surface area (Å²) in [5.74, 6) is 0. The van der Waals surface area contributed by atoms with Crippen molar-refractivity contribution >= 4 is 0 Å². The SMILES string of the molecule is C=C[CH-]C=C. The van der Waals surface area contributed by atoms with Crippen molar-refractivity contribution in [1.82, 2.24) is 0 Å². The molecular weight excluding hydrogens is 60.1 g/mol. The summed E-state index contributed by atoms with van der Waals surface area (Å²) in [5, 5.41) is 0. The molecule has 0 aliphatic rings. The standard InChI is InChI=1S/C5H7/c1-3-5-4-2/h3-5H,1-2H2/q-1. The lowest BCUT2D eigenvalue weighted by Crippen LogP contribution is -1.46. The molecule has 0 N–H and O–H groups in total. The van der Waals surface area contributed by atoms with Crippen LogP contribution in [0.2, 0.25) is 0 Å². The molecule has 0 saturated heterocycles. The van der Waals surface area contributed by atoms with E-state index >= 15 is 0 Å². The Labute approximate surface area is 32.8 Å². The topological polar surface area (TPSA) is 0 Å². The van der Waals surface area contributed by atoms with Gasteiger partial charge in [-0.25, -0.2) is 0 Å². The molecule has 0 spiro atoms. The second-order valence-electron chi connectivity index (χ2n) is 0.664. The molecule has 0 heteroatoms. The number of allylic oxidation sites excluding steroid dienone is 2. The molecule has 0 nitrogen and oxygen atoms in total. The Morgan fingerprint density at radius 3 is 1.60 bits per heavy atom. The molecule has 0 aliphatic heterocycles. The highest BCUT2D eigenvalue weighted by Gasteiger charge is 1.41. The van der Waals surface area contributed by atoms with E-state index in [4.69, 9.17) is 0 Å². The fourth-order valence-electron chi connectivity index (χ4n) is 0.0962.